The molecule has 1 unspecified atom stereocenters. The molecular weight excluding hydrogens is 288 g/mol. The fourth-order valence-corrected chi connectivity index (χ4v) is 3.69. The Morgan fingerprint density at radius 1 is 1.09 bits per heavy atom. The molecule has 1 atom stereocenters. The number of hydrogen-bond acceptors (Lipinski definition) is 4. The zero-order valence-corrected chi connectivity index (χ0v) is 14.7. The van der Waals surface area contributed by atoms with Gasteiger partial charge in [-0.15, -0.1) is 0 Å². The molecule has 0 radical (unpaired) electrons. The van der Waals surface area contributed by atoms with E-state index in [9.17, 15) is 0 Å². The Kier molecular flexibility index (Phi) is 5.44. The molecule has 1 aliphatic carbocycles. The fourth-order valence-electron chi connectivity index (χ4n) is 3.69. The van der Waals surface area contributed by atoms with Gasteiger partial charge in [0, 0.05) is 18.1 Å². The van der Waals surface area contributed by atoms with E-state index in [0.717, 1.165) is 24.0 Å². The number of hydrogen-bond donors (Lipinski definition) is 1. The molecule has 1 aliphatic heterocycles. The fraction of sp³-hybridized carbons (Fsp3) is 0.684. The zero-order chi connectivity index (χ0) is 16.2. The number of rotatable bonds is 7. The van der Waals surface area contributed by atoms with Gasteiger partial charge < -0.3 is 19.7 Å². The zero-order valence-electron chi connectivity index (χ0n) is 14.7. The lowest BCUT2D eigenvalue weighted by Crippen LogP contribution is -2.46. The molecule has 1 N–H and O–H groups in total. The van der Waals surface area contributed by atoms with Gasteiger partial charge in [-0.2, -0.15) is 0 Å². The molecule has 1 saturated heterocycles. The van der Waals surface area contributed by atoms with Gasteiger partial charge in [0.15, 0.2) is 11.5 Å². The molecule has 128 valence electrons. The number of benzene rings is 1. The van der Waals surface area contributed by atoms with E-state index in [2.05, 4.69) is 29.3 Å². The topological polar surface area (TPSA) is 33.7 Å². The smallest absolute Gasteiger partial charge is 0.160 e. The maximum atomic E-state index is 5.40. The first-order chi connectivity index (χ1) is 11.2. The van der Waals surface area contributed by atoms with Gasteiger partial charge in [0.05, 0.1) is 14.2 Å². The molecule has 0 amide bonds. The van der Waals surface area contributed by atoms with Crippen LogP contribution in [0.4, 0.5) is 0 Å². The summed E-state index contributed by atoms with van der Waals surface area (Å²) in [6.45, 7) is 4.82. The summed E-state index contributed by atoms with van der Waals surface area (Å²) in [4.78, 5) is 2.68. The summed E-state index contributed by atoms with van der Waals surface area (Å²) in [5, 5.41) is 3.81. The highest BCUT2D eigenvalue weighted by atomic mass is 16.5. The summed E-state index contributed by atoms with van der Waals surface area (Å²) < 4.78 is 10.7. The van der Waals surface area contributed by atoms with E-state index in [1.54, 1.807) is 14.2 Å². The molecular formula is C19H30N2O2. The third kappa shape index (κ3) is 4.39. The summed E-state index contributed by atoms with van der Waals surface area (Å²) in [7, 11) is 3.37. The van der Waals surface area contributed by atoms with Crippen LogP contribution in [-0.4, -0.2) is 50.3 Å². The molecule has 1 aromatic carbocycles. The third-order valence-corrected chi connectivity index (χ3v) is 5.10. The lowest BCUT2D eigenvalue weighted by Gasteiger charge is -2.34. The van der Waals surface area contributed by atoms with Gasteiger partial charge >= 0.3 is 0 Å². The molecule has 0 bridgehead atoms. The van der Waals surface area contributed by atoms with Crippen molar-refractivity contribution in [3.63, 3.8) is 0 Å². The quantitative estimate of drug-likeness (QED) is 0.838. The predicted octanol–water partition coefficient (Wildman–Crippen LogP) is 2.85. The number of methoxy groups -OCH3 is 2. The van der Waals surface area contributed by atoms with Crippen LogP contribution in [0.3, 0.4) is 0 Å². The number of likely N-dealkylation sites (tertiary alicyclic amines) is 1. The highest BCUT2D eigenvalue weighted by molar-refractivity contribution is 5.43. The van der Waals surface area contributed by atoms with Gasteiger partial charge in [0.2, 0.25) is 0 Å². The second-order valence-corrected chi connectivity index (χ2v) is 7.00. The van der Waals surface area contributed by atoms with Crippen molar-refractivity contribution in [3.05, 3.63) is 23.8 Å². The molecule has 0 aromatic heterocycles. The minimum absolute atomic E-state index is 0.477. The second kappa shape index (κ2) is 7.54. The largest absolute Gasteiger partial charge is 0.493 e. The molecule has 2 aliphatic rings. The Hall–Kier alpha value is -1.26. The van der Waals surface area contributed by atoms with E-state index in [-0.39, 0.29) is 0 Å². The van der Waals surface area contributed by atoms with Crippen molar-refractivity contribution in [2.45, 2.75) is 57.2 Å². The van der Waals surface area contributed by atoms with Crippen molar-refractivity contribution in [1.29, 1.82) is 0 Å². The second-order valence-electron chi connectivity index (χ2n) is 7.00. The van der Waals surface area contributed by atoms with Gasteiger partial charge in [-0.1, -0.05) is 6.07 Å². The van der Waals surface area contributed by atoms with E-state index < -0.39 is 0 Å². The minimum atomic E-state index is 0.477. The lowest BCUT2D eigenvalue weighted by molar-refractivity contribution is 0.184. The van der Waals surface area contributed by atoms with Crippen molar-refractivity contribution in [3.8, 4) is 11.5 Å². The standard InChI is InChI=1S/C19H30N2O2/c1-14(12-15-4-7-18(22-2)19(13-15)23-3)20-16-8-10-21(11-9-16)17-5-6-17/h4,7,13-14,16-17,20H,5-6,8-12H2,1-3H3. The number of ether oxygens (including phenoxy) is 2. The van der Waals surface area contributed by atoms with E-state index in [0.29, 0.717) is 12.1 Å². The van der Waals surface area contributed by atoms with Crippen LogP contribution in [0.15, 0.2) is 18.2 Å². The van der Waals surface area contributed by atoms with Gasteiger partial charge in [0.25, 0.3) is 0 Å². The first kappa shape index (κ1) is 16.6. The Morgan fingerprint density at radius 3 is 2.39 bits per heavy atom. The van der Waals surface area contributed by atoms with Crippen LogP contribution in [0.2, 0.25) is 0 Å². The van der Waals surface area contributed by atoms with Crippen LogP contribution in [0.5, 0.6) is 11.5 Å². The first-order valence-electron chi connectivity index (χ1n) is 8.90. The Bertz CT molecular complexity index is 508. The van der Waals surface area contributed by atoms with Crippen molar-refractivity contribution in [1.82, 2.24) is 10.2 Å². The number of piperidine rings is 1. The average Bonchev–Trinajstić information content (AvgIpc) is 3.40. The van der Waals surface area contributed by atoms with Gasteiger partial charge in [0.1, 0.15) is 0 Å². The Labute approximate surface area is 140 Å². The molecule has 2 fully saturated rings. The summed E-state index contributed by atoms with van der Waals surface area (Å²) in [5.41, 5.74) is 1.29. The molecule has 0 spiro atoms. The summed E-state index contributed by atoms with van der Waals surface area (Å²) in [5.74, 6) is 1.61. The van der Waals surface area contributed by atoms with Crippen LogP contribution in [0.25, 0.3) is 0 Å². The SMILES string of the molecule is COc1ccc(CC(C)NC2CCN(C3CC3)CC2)cc1OC. The van der Waals surface area contributed by atoms with E-state index in [1.807, 2.05) is 6.07 Å². The molecule has 23 heavy (non-hydrogen) atoms. The minimum Gasteiger partial charge on any atom is -0.493 e. The summed E-state index contributed by atoms with van der Waals surface area (Å²) in [6, 6.07) is 8.28. The molecule has 4 nitrogen and oxygen atoms in total. The molecule has 1 aromatic rings. The highest BCUT2D eigenvalue weighted by Gasteiger charge is 2.31. The average molecular weight is 318 g/mol. The van der Waals surface area contributed by atoms with E-state index in [1.165, 1.54) is 44.3 Å². The van der Waals surface area contributed by atoms with Crippen molar-refractivity contribution < 1.29 is 9.47 Å². The molecule has 1 saturated carbocycles. The van der Waals surface area contributed by atoms with Crippen LogP contribution in [-0.2, 0) is 6.42 Å². The Morgan fingerprint density at radius 2 is 1.78 bits per heavy atom. The third-order valence-electron chi connectivity index (χ3n) is 5.10. The highest BCUT2D eigenvalue weighted by Crippen LogP contribution is 2.30. The monoisotopic (exact) mass is 318 g/mol. The molecule has 4 heteroatoms. The summed E-state index contributed by atoms with van der Waals surface area (Å²) in [6.07, 6.45) is 6.43. The first-order valence-corrected chi connectivity index (χ1v) is 8.90. The summed E-state index contributed by atoms with van der Waals surface area (Å²) >= 11 is 0. The van der Waals surface area contributed by atoms with Gasteiger partial charge in [-0.25, -0.2) is 0 Å². The predicted molar refractivity (Wildman–Crippen MR) is 93.5 cm³/mol. The number of nitrogens with one attached hydrogen (secondary N) is 1. The van der Waals surface area contributed by atoms with Crippen molar-refractivity contribution >= 4 is 0 Å². The molecule has 3 rings (SSSR count). The van der Waals surface area contributed by atoms with Crippen LogP contribution < -0.4 is 14.8 Å². The Balaban J connectivity index is 1.48. The van der Waals surface area contributed by atoms with Crippen molar-refractivity contribution in [2.24, 2.45) is 0 Å². The van der Waals surface area contributed by atoms with Crippen LogP contribution in [0.1, 0.15) is 38.2 Å². The van der Waals surface area contributed by atoms with E-state index >= 15 is 0 Å². The van der Waals surface area contributed by atoms with Gasteiger partial charge in [-0.3, -0.25) is 0 Å². The molecule has 1 heterocycles. The van der Waals surface area contributed by atoms with E-state index in [4.69, 9.17) is 9.47 Å². The lowest BCUT2D eigenvalue weighted by atomic mass is 10.0. The maximum absolute atomic E-state index is 5.40. The van der Waals surface area contributed by atoms with Gasteiger partial charge in [-0.05, 0) is 69.8 Å². The maximum Gasteiger partial charge on any atom is 0.160 e. The van der Waals surface area contributed by atoms with Crippen molar-refractivity contribution in [2.75, 3.05) is 27.3 Å². The number of nitrogens with zero attached hydrogens (tertiary/aromatic N) is 1. The van der Waals surface area contributed by atoms with Crippen LogP contribution >= 0.6 is 0 Å². The van der Waals surface area contributed by atoms with Crippen LogP contribution in [0, 0.1) is 0 Å². The normalized spacial score (nSPS) is 21.2.